The Morgan fingerprint density at radius 3 is 2.90 bits per heavy atom. The number of nitrogens with one attached hydrogen (secondary N) is 1. The van der Waals surface area contributed by atoms with Crippen molar-refractivity contribution < 1.29 is 0 Å². The minimum Gasteiger partial charge on any atom is -0.347 e. The third-order valence-corrected chi connectivity index (χ3v) is 7.08. The predicted molar refractivity (Wildman–Crippen MR) is 119 cm³/mol. The molecule has 1 N–H and O–H groups in total. The van der Waals surface area contributed by atoms with Crippen molar-refractivity contribution in [2.45, 2.75) is 37.4 Å². The molecule has 1 aliphatic heterocycles. The van der Waals surface area contributed by atoms with Gasteiger partial charge in [0.15, 0.2) is 0 Å². The van der Waals surface area contributed by atoms with Gasteiger partial charge in [-0.15, -0.1) is 0 Å². The standard InChI is InChI=1S/C23H25N5S/c1-23(2)12-17(16-28(23)29-22-5-3-4-9-24-22)15-27-10-8-19-11-18(6-7-21(19)27)20-13-25-26-14-20/h3-11,13-14,17H,12,15-16H2,1-2H3,(H,25,26). The summed E-state index contributed by atoms with van der Waals surface area (Å²) in [5, 5.41) is 9.30. The van der Waals surface area contributed by atoms with Crippen LogP contribution in [0.1, 0.15) is 20.3 Å². The number of hydrogen-bond donors (Lipinski definition) is 1. The lowest BCUT2D eigenvalue weighted by Gasteiger charge is -2.29. The van der Waals surface area contributed by atoms with E-state index < -0.39 is 0 Å². The molecular formula is C23H25N5S. The van der Waals surface area contributed by atoms with Crippen molar-refractivity contribution in [3.63, 3.8) is 0 Å². The van der Waals surface area contributed by atoms with Crippen LogP contribution in [-0.2, 0) is 6.54 Å². The number of hydrogen-bond acceptors (Lipinski definition) is 4. The highest BCUT2D eigenvalue weighted by Gasteiger charge is 2.39. The minimum absolute atomic E-state index is 0.157. The number of pyridine rings is 1. The molecule has 1 atom stereocenters. The van der Waals surface area contributed by atoms with E-state index in [1.54, 1.807) is 11.9 Å². The summed E-state index contributed by atoms with van der Waals surface area (Å²) in [4.78, 5) is 4.49. The van der Waals surface area contributed by atoms with E-state index >= 15 is 0 Å². The average Bonchev–Trinajstić information content (AvgIpc) is 3.43. The van der Waals surface area contributed by atoms with Crippen LogP contribution >= 0.6 is 11.9 Å². The van der Waals surface area contributed by atoms with Crippen LogP contribution in [0, 0.1) is 5.92 Å². The van der Waals surface area contributed by atoms with Gasteiger partial charge >= 0.3 is 0 Å². The first-order valence-electron chi connectivity index (χ1n) is 10.0. The molecular weight excluding hydrogens is 378 g/mol. The molecule has 1 saturated heterocycles. The Morgan fingerprint density at radius 2 is 2.10 bits per heavy atom. The van der Waals surface area contributed by atoms with E-state index in [1.165, 1.54) is 22.9 Å². The summed E-state index contributed by atoms with van der Waals surface area (Å²) in [6.07, 6.45) is 9.08. The minimum atomic E-state index is 0.157. The van der Waals surface area contributed by atoms with Crippen molar-refractivity contribution in [2.75, 3.05) is 6.54 Å². The molecule has 0 radical (unpaired) electrons. The van der Waals surface area contributed by atoms with Gasteiger partial charge in [-0.1, -0.05) is 12.1 Å². The van der Waals surface area contributed by atoms with Gasteiger partial charge in [0.1, 0.15) is 5.03 Å². The van der Waals surface area contributed by atoms with E-state index in [1.807, 2.05) is 24.7 Å². The second-order valence-corrected chi connectivity index (χ2v) is 9.47. The number of aromatic amines is 1. The topological polar surface area (TPSA) is 49.7 Å². The smallest absolute Gasteiger partial charge is 0.111 e. The van der Waals surface area contributed by atoms with Gasteiger partial charge in [0.05, 0.1) is 6.20 Å². The van der Waals surface area contributed by atoms with Crippen molar-refractivity contribution in [3.8, 4) is 11.1 Å². The largest absolute Gasteiger partial charge is 0.347 e. The van der Waals surface area contributed by atoms with E-state index in [2.05, 4.69) is 80.5 Å². The van der Waals surface area contributed by atoms with Crippen molar-refractivity contribution in [1.82, 2.24) is 24.1 Å². The Morgan fingerprint density at radius 1 is 1.17 bits per heavy atom. The second-order valence-electron chi connectivity index (χ2n) is 8.43. The highest BCUT2D eigenvalue weighted by molar-refractivity contribution is 7.97. The molecule has 1 aliphatic rings. The molecule has 148 valence electrons. The molecule has 0 saturated carbocycles. The van der Waals surface area contributed by atoms with Crippen molar-refractivity contribution in [3.05, 3.63) is 67.3 Å². The van der Waals surface area contributed by atoms with Crippen LogP contribution in [0.4, 0.5) is 0 Å². The van der Waals surface area contributed by atoms with Gasteiger partial charge in [-0.25, -0.2) is 9.29 Å². The SMILES string of the molecule is CC1(C)CC(Cn2ccc3cc(-c4cn[nH]c4)ccc32)CN1Sc1ccccn1. The Hall–Kier alpha value is -2.57. The van der Waals surface area contributed by atoms with Crippen LogP contribution in [0.5, 0.6) is 0 Å². The molecule has 0 aliphatic carbocycles. The Kier molecular flexibility index (Phi) is 4.68. The van der Waals surface area contributed by atoms with Crippen LogP contribution in [0.15, 0.2) is 72.3 Å². The van der Waals surface area contributed by atoms with E-state index in [-0.39, 0.29) is 5.54 Å². The summed E-state index contributed by atoms with van der Waals surface area (Å²) in [6.45, 7) is 6.79. The summed E-state index contributed by atoms with van der Waals surface area (Å²) in [5.41, 5.74) is 3.78. The quantitative estimate of drug-likeness (QED) is 0.463. The van der Waals surface area contributed by atoms with E-state index in [4.69, 9.17) is 0 Å². The van der Waals surface area contributed by atoms with Gasteiger partial charge in [-0.05, 0) is 74.0 Å². The van der Waals surface area contributed by atoms with Crippen LogP contribution in [0.25, 0.3) is 22.0 Å². The average molecular weight is 404 g/mol. The zero-order chi connectivity index (χ0) is 19.8. The number of benzene rings is 1. The highest BCUT2D eigenvalue weighted by Crippen LogP contribution is 2.41. The van der Waals surface area contributed by atoms with Gasteiger partial charge in [0, 0.05) is 53.7 Å². The maximum atomic E-state index is 4.49. The van der Waals surface area contributed by atoms with Crippen LogP contribution in [-0.4, -0.2) is 36.1 Å². The number of rotatable bonds is 5. The van der Waals surface area contributed by atoms with Crippen LogP contribution < -0.4 is 0 Å². The van der Waals surface area contributed by atoms with Gasteiger partial charge in [-0.3, -0.25) is 5.10 Å². The second kappa shape index (κ2) is 7.35. The summed E-state index contributed by atoms with van der Waals surface area (Å²) >= 11 is 1.78. The molecule has 1 unspecified atom stereocenters. The number of fused-ring (bicyclic) bond motifs is 1. The zero-order valence-corrected chi connectivity index (χ0v) is 17.6. The fraction of sp³-hybridized carbons (Fsp3) is 0.304. The molecule has 1 fully saturated rings. The molecule has 5 nitrogen and oxygen atoms in total. The molecule has 4 aromatic rings. The lowest BCUT2D eigenvalue weighted by molar-refractivity contribution is 0.318. The fourth-order valence-corrected chi connectivity index (χ4v) is 5.46. The Balaban J connectivity index is 1.33. The first-order valence-corrected chi connectivity index (χ1v) is 10.8. The van der Waals surface area contributed by atoms with Gasteiger partial charge in [0.25, 0.3) is 0 Å². The van der Waals surface area contributed by atoms with Gasteiger partial charge in [0.2, 0.25) is 0 Å². The molecule has 3 aromatic heterocycles. The third-order valence-electron chi connectivity index (χ3n) is 5.79. The lowest BCUT2D eigenvalue weighted by atomic mass is 9.97. The summed E-state index contributed by atoms with van der Waals surface area (Å²) in [7, 11) is 0. The summed E-state index contributed by atoms with van der Waals surface area (Å²) in [6, 6.07) is 15.0. The predicted octanol–water partition coefficient (Wildman–Crippen LogP) is 5.23. The molecule has 0 spiro atoms. The molecule has 5 rings (SSSR count). The van der Waals surface area contributed by atoms with Crippen molar-refractivity contribution in [2.24, 2.45) is 5.92 Å². The Labute approximate surface area is 175 Å². The molecule has 6 heteroatoms. The monoisotopic (exact) mass is 403 g/mol. The molecule has 4 heterocycles. The number of H-pyrrole nitrogens is 1. The highest BCUT2D eigenvalue weighted by atomic mass is 32.2. The van der Waals surface area contributed by atoms with Gasteiger partial charge < -0.3 is 4.57 Å². The molecule has 1 aromatic carbocycles. The van der Waals surface area contributed by atoms with Crippen LogP contribution in [0.3, 0.4) is 0 Å². The Bertz CT molecular complexity index is 1100. The van der Waals surface area contributed by atoms with E-state index in [0.29, 0.717) is 5.92 Å². The van der Waals surface area contributed by atoms with Crippen molar-refractivity contribution in [1.29, 1.82) is 0 Å². The van der Waals surface area contributed by atoms with E-state index in [9.17, 15) is 0 Å². The fourth-order valence-electron chi connectivity index (χ4n) is 4.38. The lowest BCUT2D eigenvalue weighted by Crippen LogP contribution is -2.32. The van der Waals surface area contributed by atoms with Crippen LogP contribution in [0.2, 0.25) is 0 Å². The summed E-state index contributed by atoms with van der Waals surface area (Å²) < 4.78 is 4.91. The first kappa shape index (κ1) is 18.5. The molecule has 0 amide bonds. The number of nitrogens with zero attached hydrogens (tertiary/aromatic N) is 4. The number of aromatic nitrogens is 4. The maximum Gasteiger partial charge on any atom is 0.111 e. The maximum absolute atomic E-state index is 4.49. The van der Waals surface area contributed by atoms with Crippen molar-refractivity contribution >= 4 is 22.9 Å². The third kappa shape index (κ3) is 3.70. The summed E-state index contributed by atoms with van der Waals surface area (Å²) in [5.74, 6) is 0.616. The molecule has 0 bridgehead atoms. The normalized spacial score (nSPS) is 19.2. The van der Waals surface area contributed by atoms with Gasteiger partial charge in [-0.2, -0.15) is 5.10 Å². The zero-order valence-electron chi connectivity index (χ0n) is 16.7. The first-order chi connectivity index (χ1) is 14.1. The molecule has 29 heavy (non-hydrogen) atoms. The van der Waals surface area contributed by atoms with E-state index in [0.717, 1.165) is 23.7 Å².